The number of halogens is 1. The largest absolute Gasteiger partial charge is 0.484 e. The molecule has 1 amide bonds. The minimum Gasteiger partial charge on any atom is -0.484 e. The summed E-state index contributed by atoms with van der Waals surface area (Å²) < 4.78 is 23.8. The van der Waals surface area contributed by atoms with Gasteiger partial charge in [-0.25, -0.2) is 4.39 Å². The number of carbonyl (C=O) groups is 1. The number of ether oxygens (including phenoxy) is 1. The van der Waals surface area contributed by atoms with E-state index in [-0.39, 0.29) is 23.7 Å². The molecule has 1 saturated heterocycles. The third kappa shape index (κ3) is 2.95. The van der Waals surface area contributed by atoms with E-state index in [0.717, 1.165) is 25.1 Å². The van der Waals surface area contributed by atoms with Crippen molar-refractivity contribution < 1.29 is 18.4 Å². The van der Waals surface area contributed by atoms with Crippen molar-refractivity contribution in [2.75, 3.05) is 19.7 Å². The first-order chi connectivity index (χ1) is 12.6. The van der Waals surface area contributed by atoms with Gasteiger partial charge in [0.2, 0.25) is 5.89 Å². The number of likely N-dealkylation sites (tertiary alicyclic amines) is 1. The monoisotopic (exact) mass is 359 g/mol. The maximum absolute atomic E-state index is 12.9. The lowest BCUT2D eigenvalue weighted by atomic mass is 9.80. The minimum atomic E-state index is -0.329. The van der Waals surface area contributed by atoms with E-state index < -0.39 is 0 Å². The van der Waals surface area contributed by atoms with Gasteiger partial charge in [0.25, 0.3) is 5.91 Å². The number of nitrogens with zero attached hydrogens (tertiary/aromatic N) is 3. The van der Waals surface area contributed by atoms with Gasteiger partial charge < -0.3 is 14.2 Å². The third-order valence-electron chi connectivity index (χ3n) is 5.62. The lowest BCUT2D eigenvalue weighted by Gasteiger charge is -2.24. The maximum atomic E-state index is 12.9. The number of aryl methyl sites for hydroxylation is 1. The first-order valence-corrected chi connectivity index (χ1v) is 9.10. The van der Waals surface area contributed by atoms with Crippen LogP contribution in [-0.4, -0.2) is 40.6 Å². The van der Waals surface area contributed by atoms with Crippen LogP contribution in [0, 0.1) is 11.7 Å². The number of fused-ring (bicyclic) bond motifs is 1. The average Bonchev–Trinajstić information content (AvgIpc) is 3.34. The number of aromatic nitrogens is 2. The van der Waals surface area contributed by atoms with Gasteiger partial charge >= 0.3 is 0 Å². The Morgan fingerprint density at radius 2 is 2.23 bits per heavy atom. The van der Waals surface area contributed by atoms with E-state index >= 15 is 0 Å². The van der Waals surface area contributed by atoms with Gasteiger partial charge in [0.1, 0.15) is 11.6 Å². The Labute approximate surface area is 151 Å². The molecule has 2 aliphatic rings. The zero-order valence-corrected chi connectivity index (χ0v) is 14.8. The van der Waals surface area contributed by atoms with Gasteiger partial charge in [0.05, 0.1) is 5.41 Å². The van der Waals surface area contributed by atoms with E-state index in [1.165, 1.54) is 24.3 Å². The van der Waals surface area contributed by atoms with E-state index in [1.807, 2.05) is 11.8 Å². The van der Waals surface area contributed by atoms with Crippen LogP contribution in [0.5, 0.6) is 5.75 Å². The lowest BCUT2D eigenvalue weighted by Crippen LogP contribution is -2.37. The molecule has 7 heteroatoms. The molecule has 26 heavy (non-hydrogen) atoms. The Kier molecular flexibility index (Phi) is 4.38. The number of carbonyl (C=O) groups excluding carboxylic acids is 1. The number of amides is 1. The molecule has 0 spiro atoms. The molecular weight excluding hydrogens is 337 g/mol. The van der Waals surface area contributed by atoms with Crippen LogP contribution >= 0.6 is 0 Å². The summed E-state index contributed by atoms with van der Waals surface area (Å²) in [4.78, 5) is 19.0. The number of rotatable bonds is 5. The van der Waals surface area contributed by atoms with Crippen LogP contribution in [0.2, 0.25) is 0 Å². The second kappa shape index (κ2) is 6.70. The molecule has 0 bridgehead atoms. The van der Waals surface area contributed by atoms with Gasteiger partial charge in [-0.1, -0.05) is 18.5 Å². The second-order valence-corrected chi connectivity index (χ2v) is 7.13. The van der Waals surface area contributed by atoms with Crippen LogP contribution in [-0.2, 0) is 16.6 Å². The zero-order valence-electron chi connectivity index (χ0n) is 14.8. The molecule has 2 fully saturated rings. The second-order valence-electron chi connectivity index (χ2n) is 7.13. The summed E-state index contributed by atoms with van der Waals surface area (Å²) in [7, 11) is 0. The molecule has 1 aliphatic heterocycles. The van der Waals surface area contributed by atoms with Crippen molar-refractivity contribution in [3.8, 4) is 5.75 Å². The molecule has 1 aromatic heterocycles. The Balaban J connectivity index is 1.44. The van der Waals surface area contributed by atoms with Crippen molar-refractivity contribution >= 4 is 5.91 Å². The predicted molar refractivity (Wildman–Crippen MR) is 91.2 cm³/mol. The Hall–Kier alpha value is -2.44. The van der Waals surface area contributed by atoms with Crippen LogP contribution in [0.4, 0.5) is 4.39 Å². The van der Waals surface area contributed by atoms with Crippen molar-refractivity contribution in [2.45, 2.75) is 38.0 Å². The molecule has 2 heterocycles. The molecule has 6 nitrogen and oxygen atoms in total. The fourth-order valence-electron chi connectivity index (χ4n) is 4.21. The van der Waals surface area contributed by atoms with Crippen LogP contribution in [0.15, 0.2) is 28.8 Å². The Morgan fingerprint density at radius 1 is 1.42 bits per heavy atom. The number of hydrogen-bond acceptors (Lipinski definition) is 5. The zero-order chi connectivity index (χ0) is 18.1. The van der Waals surface area contributed by atoms with Gasteiger partial charge in [-0.05, 0) is 43.0 Å². The van der Waals surface area contributed by atoms with Gasteiger partial charge in [-0.15, -0.1) is 0 Å². The molecule has 138 valence electrons. The minimum absolute atomic E-state index is 0.0547. The summed E-state index contributed by atoms with van der Waals surface area (Å²) in [5.41, 5.74) is -0.192. The van der Waals surface area contributed by atoms with Gasteiger partial charge in [-0.2, -0.15) is 4.98 Å². The van der Waals surface area contributed by atoms with Gasteiger partial charge in [0.15, 0.2) is 12.4 Å². The van der Waals surface area contributed by atoms with Crippen LogP contribution in [0.1, 0.15) is 37.9 Å². The molecule has 2 aromatic rings. The van der Waals surface area contributed by atoms with Crippen molar-refractivity contribution in [2.24, 2.45) is 5.92 Å². The molecule has 1 aliphatic carbocycles. The standard InChI is InChI=1S/C19H22FN3O3/c1-2-16-21-18(22-26-16)19-9-3-4-13(19)10-23(12-19)17(24)11-25-15-7-5-14(20)6-8-15/h5-8,13H,2-4,9-12H2,1H3/t13-,19-/m1/s1. The summed E-state index contributed by atoms with van der Waals surface area (Å²) in [6, 6.07) is 5.68. The van der Waals surface area contributed by atoms with E-state index in [9.17, 15) is 9.18 Å². The van der Waals surface area contributed by atoms with E-state index in [1.54, 1.807) is 0 Å². The van der Waals surface area contributed by atoms with Gasteiger partial charge in [0, 0.05) is 19.5 Å². The Morgan fingerprint density at radius 3 is 2.96 bits per heavy atom. The highest BCUT2D eigenvalue weighted by atomic mass is 19.1. The lowest BCUT2D eigenvalue weighted by molar-refractivity contribution is -0.132. The molecular formula is C19H22FN3O3. The molecule has 0 radical (unpaired) electrons. The summed E-state index contributed by atoms with van der Waals surface area (Å²) in [6.07, 6.45) is 3.87. The normalized spacial score (nSPS) is 24.7. The first-order valence-electron chi connectivity index (χ1n) is 9.10. The SMILES string of the molecule is CCc1nc([C@@]23CCC[C@@H]2CN(C(=O)COc2ccc(F)cc2)C3)no1. The first kappa shape index (κ1) is 17.0. The van der Waals surface area contributed by atoms with Gasteiger partial charge in [-0.3, -0.25) is 4.79 Å². The molecule has 0 N–H and O–H groups in total. The van der Waals surface area contributed by atoms with Crippen molar-refractivity contribution in [3.05, 3.63) is 41.8 Å². The Bertz CT molecular complexity index is 792. The predicted octanol–water partition coefficient (Wildman–Crippen LogP) is 2.73. The summed E-state index contributed by atoms with van der Waals surface area (Å²) in [5, 5.41) is 4.21. The molecule has 2 atom stereocenters. The van der Waals surface area contributed by atoms with Crippen molar-refractivity contribution in [3.63, 3.8) is 0 Å². The van der Waals surface area contributed by atoms with Crippen molar-refractivity contribution in [1.29, 1.82) is 0 Å². The van der Waals surface area contributed by atoms with Crippen LogP contribution in [0.25, 0.3) is 0 Å². The van der Waals surface area contributed by atoms with E-state index in [4.69, 9.17) is 9.26 Å². The summed E-state index contributed by atoms with van der Waals surface area (Å²) >= 11 is 0. The third-order valence-corrected chi connectivity index (χ3v) is 5.62. The number of benzene rings is 1. The molecule has 1 aromatic carbocycles. The highest BCUT2D eigenvalue weighted by molar-refractivity contribution is 5.78. The van der Waals surface area contributed by atoms with Crippen molar-refractivity contribution in [1.82, 2.24) is 15.0 Å². The molecule has 0 unspecified atom stereocenters. The highest BCUT2D eigenvalue weighted by Gasteiger charge is 2.54. The molecule has 1 saturated carbocycles. The van der Waals surface area contributed by atoms with Crippen LogP contribution < -0.4 is 4.74 Å². The summed E-state index contributed by atoms with van der Waals surface area (Å²) in [5.74, 6) is 1.84. The smallest absolute Gasteiger partial charge is 0.260 e. The quantitative estimate of drug-likeness (QED) is 0.821. The fraction of sp³-hybridized carbons (Fsp3) is 0.526. The average molecular weight is 359 g/mol. The molecule has 4 rings (SSSR count). The van der Waals surface area contributed by atoms with E-state index in [2.05, 4.69) is 10.1 Å². The maximum Gasteiger partial charge on any atom is 0.260 e. The fourth-order valence-corrected chi connectivity index (χ4v) is 4.21. The highest BCUT2D eigenvalue weighted by Crippen LogP contribution is 2.49. The van der Waals surface area contributed by atoms with Crippen LogP contribution in [0.3, 0.4) is 0 Å². The summed E-state index contributed by atoms with van der Waals surface area (Å²) in [6.45, 7) is 3.23. The van der Waals surface area contributed by atoms with E-state index in [0.29, 0.717) is 37.1 Å². The topological polar surface area (TPSA) is 68.5 Å². The number of hydrogen-bond donors (Lipinski definition) is 0.